The molecular formula is C31H49NO9. The van der Waals surface area contributed by atoms with Crippen molar-refractivity contribution < 1.29 is 43.2 Å². The van der Waals surface area contributed by atoms with Crippen molar-refractivity contribution in [2.75, 3.05) is 0 Å². The summed E-state index contributed by atoms with van der Waals surface area (Å²) in [6.45, 7) is 14.9. The van der Waals surface area contributed by atoms with Gasteiger partial charge in [-0.1, -0.05) is 66.9 Å². The fraction of sp³-hybridized carbons (Fsp3) is 0.677. The Morgan fingerprint density at radius 2 is 1.37 bits per heavy atom. The molecule has 0 fully saturated rings. The molecule has 10 nitrogen and oxygen atoms in total. The molecule has 6 unspecified atom stereocenters. The Balaban J connectivity index is 3.40. The van der Waals surface area contributed by atoms with E-state index in [2.05, 4.69) is 0 Å². The molecule has 0 spiro atoms. The van der Waals surface area contributed by atoms with Crippen LogP contribution in [0.2, 0.25) is 0 Å². The maximum Gasteiger partial charge on any atom is 0.508 e. The average molecular weight is 580 g/mol. The normalized spacial score (nSPS) is 16.3. The molecule has 232 valence electrons. The Morgan fingerprint density at radius 1 is 0.829 bits per heavy atom. The maximum atomic E-state index is 12.7. The van der Waals surface area contributed by atoms with Crippen molar-refractivity contribution in [2.24, 2.45) is 23.5 Å². The Bertz CT molecular complexity index is 1010. The fourth-order valence-electron chi connectivity index (χ4n) is 4.28. The fourth-order valence-corrected chi connectivity index (χ4v) is 4.28. The minimum absolute atomic E-state index is 0.00975. The molecule has 3 N–H and O–H groups in total. The van der Waals surface area contributed by atoms with Crippen molar-refractivity contribution in [1.29, 1.82) is 0 Å². The van der Waals surface area contributed by atoms with Gasteiger partial charge in [0.05, 0.1) is 0 Å². The lowest BCUT2D eigenvalue weighted by Crippen LogP contribution is -2.42. The molecule has 10 heteroatoms. The predicted octanol–water partition coefficient (Wildman–Crippen LogP) is 6.23. The number of hydrogen-bond donors (Lipinski definition) is 2. The smallest absolute Gasteiger partial charge is 0.480 e. The Morgan fingerprint density at radius 3 is 1.85 bits per heavy atom. The van der Waals surface area contributed by atoms with Gasteiger partial charge in [-0.2, -0.15) is 0 Å². The SMILES string of the molecule is CCCC(C)OC(=O)OC(C)C(C)C(c1ccc(OC(=O)CC(C)CC)c(OC(=O)CC(C)CC)c1)[C@H](N)C(=O)O. The zero-order valence-electron chi connectivity index (χ0n) is 25.8. The minimum atomic E-state index is -1.38. The first-order chi connectivity index (χ1) is 19.2. The van der Waals surface area contributed by atoms with E-state index in [1.54, 1.807) is 26.8 Å². The Labute approximate surface area is 244 Å². The predicted molar refractivity (Wildman–Crippen MR) is 155 cm³/mol. The van der Waals surface area contributed by atoms with Gasteiger partial charge in [-0.05, 0) is 49.8 Å². The summed E-state index contributed by atoms with van der Waals surface area (Å²) < 4.78 is 22.0. The van der Waals surface area contributed by atoms with Gasteiger partial charge in [0.25, 0.3) is 0 Å². The molecule has 1 aromatic rings. The highest BCUT2D eigenvalue weighted by Crippen LogP contribution is 2.37. The van der Waals surface area contributed by atoms with Crippen molar-refractivity contribution in [2.45, 2.75) is 118 Å². The molecule has 0 aliphatic heterocycles. The van der Waals surface area contributed by atoms with Crippen molar-refractivity contribution in [3.63, 3.8) is 0 Å². The van der Waals surface area contributed by atoms with Gasteiger partial charge in [0.1, 0.15) is 18.2 Å². The monoisotopic (exact) mass is 579 g/mol. The van der Waals surface area contributed by atoms with Crippen molar-refractivity contribution in [1.82, 2.24) is 0 Å². The number of rotatable bonds is 17. The molecule has 1 rings (SSSR count). The molecule has 0 saturated heterocycles. The summed E-state index contributed by atoms with van der Waals surface area (Å²) in [5.41, 5.74) is 6.56. The molecule has 0 aromatic heterocycles. The van der Waals surface area contributed by atoms with Gasteiger partial charge in [-0.3, -0.25) is 14.4 Å². The summed E-state index contributed by atoms with van der Waals surface area (Å²) in [6, 6.07) is 3.14. The van der Waals surface area contributed by atoms with Crippen LogP contribution in [0, 0.1) is 17.8 Å². The molecule has 0 amide bonds. The van der Waals surface area contributed by atoms with E-state index in [1.165, 1.54) is 12.1 Å². The molecule has 0 bridgehead atoms. The first-order valence-corrected chi connectivity index (χ1v) is 14.6. The number of nitrogens with two attached hydrogens (primary N) is 1. The van der Waals surface area contributed by atoms with Crippen LogP contribution in [-0.2, 0) is 23.9 Å². The van der Waals surface area contributed by atoms with E-state index >= 15 is 0 Å². The van der Waals surface area contributed by atoms with Gasteiger partial charge in [-0.15, -0.1) is 0 Å². The zero-order valence-corrected chi connectivity index (χ0v) is 25.8. The van der Waals surface area contributed by atoms with Gasteiger partial charge in [0.15, 0.2) is 11.5 Å². The minimum Gasteiger partial charge on any atom is -0.480 e. The second kappa shape index (κ2) is 17.6. The lowest BCUT2D eigenvalue weighted by molar-refractivity contribution is -0.140. The quantitative estimate of drug-likeness (QED) is 0.160. The second-order valence-corrected chi connectivity index (χ2v) is 11.1. The highest BCUT2D eigenvalue weighted by molar-refractivity contribution is 5.77. The van der Waals surface area contributed by atoms with E-state index in [-0.39, 0.29) is 42.3 Å². The standard InChI is InChI=1S/C31H49NO9/c1-9-12-20(6)38-31(37)39-22(8)21(7)28(29(32)30(35)36)23-13-14-24(40-26(33)15-18(4)10-2)25(17-23)41-27(34)16-19(5)11-3/h13-14,17-22,28-29H,9-12,15-16,32H2,1-8H3,(H,35,36)/t18?,19?,20?,21?,22?,28?,29-/m0/s1. The number of benzene rings is 1. The summed E-state index contributed by atoms with van der Waals surface area (Å²) in [7, 11) is 0. The van der Waals surface area contributed by atoms with Crippen molar-refractivity contribution in [3.8, 4) is 11.5 Å². The van der Waals surface area contributed by atoms with Gasteiger partial charge in [0.2, 0.25) is 0 Å². The topological polar surface area (TPSA) is 151 Å². The largest absolute Gasteiger partial charge is 0.508 e. The Kier molecular flexibility index (Phi) is 15.4. The molecule has 7 atom stereocenters. The zero-order chi connectivity index (χ0) is 31.3. The molecule has 0 aliphatic carbocycles. The lowest BCUT2D eigenvalue weighted by Gasteiger charge is -2.31. The highest BCUT2D eigenvalue weighted by Gasteiger charge is 2.36. The van der Waals surface area contributed by atoms with E-state index in [9.17, 15) is 24.3 Å². The van der Waals surface area contributed by atoms with Gasteiger partial charge >= 0.3 is 24.1 Å². The van der Waals surface area contributed by atoms with Crippen LogP contribution >= 0.6 is 0 Å². The number of carbonyl (C=O) groups excluding carboxylic acids is 3. The number of ether oxygens (including phenoxy) is 4. The van der Waals surface area contributed by atoms with Gasteiger partial charge < -0.3 is 29.8 Å². The summed E-state index contributed by atoms with van der Waals surface area (Å²) in [6.07, 6.45) is 1.48. The molecule has 0 heterocycles. The van der Waals surface area contributed by atoms with Crippen LogP contribution in [0.1, 0.15) is 105 Å². The number of esters is 2. The number of carboxylic acids is 1. The number of carboxylic acid groups (broad SMARTS) is 1. The molecule has 0 aliphatic rings. The van der Waals surface area contributed by atoms with Crippen LogP contribution in [0.4, 0.5) is 4.79 Å². The molecule has 1 aromatic carbocycles. The first-order valence-electron chi connectivity index (χ1n) is 14.6. The van der Waals surface area contributed by atoms with E-state index in [0.29, 0.717) is 12.0 Å². The van der Waals surface area contributed by atoms with E-state index in [4.69, 9.17) is 24.7 Å². The summed E-state index contributed by atoms with van der Waals surface area (Å²) in [4.78, 5) is 49.6. The molecule has 0 saturated carbocycles. The third-order valence-corrected chi connectivity index (χ3v) is 7.48. The third kappa shape index (κ3) is 12.1. The van der Waals surface area contributed by atoms with Gasteiger partial charge in [-0.25, -0.2) is 4.79 Å². The van der Waals surface area contributed by atoms with Crippen LogP contribution in [0.15, 0.2) is 18.2 Å². The number of aliphatic carboxylic acids is 1. The third-order valence-electron chi connectivity index (χ3n) is 7.48. The van der Waals surface area contributed by atoms with Crippen molar-refractivity contribution in [3.05, 3.63) is 23.8 Å². The molecular weight excluding hydrogens is 530 g/mol. The van der Waals surface area contributed by atoms with Crippen LogP contribution in [0.5, 0.6) is 11.5 Å². The molecule has 0 radical (unpaired) electrons. The van der Waals surface area contributed by atoms with Crippen molar-refractivity contribution >= 4 is 24.1 Å². The van der Waals surface area contributed by atoms with E-state index in [0.717, 1.165) is 19.3 Å². The number of carbonyl (C=O) groups is 4. The summed E-state index contributed by atoms with van der Waals surface area (Å²) in [5, 5.41) is 9.81. The lowest BCUT2D eigenvalue weighted by atomic mass is 9.79. The first kappa shape index (κ1) is 35.9. The molecule has 41 heavy (non-hydrogen) atoms. The Hall–Kier alpha value is -3.14. The second-order valence-electron chi connectivity index (χ2n) is 11.1. The van der Waals surface area contributed by atoms with E-state index in [1.807, 2.05) is 34.6 Å². The maximum absolute atomic E-state index is 12.7. The van der Waals surface area contributed by atoms with Crippen LogP contribution < -0.4 is 15.2 Å². The highest BCUT2D eigenvalue weighted by atomic mass is 16.7. The van der Waals surface area contributed by atoms with Crippen LogP contribution in [-0.4, -0.2) is 47.4 Å². The number of hydrogen-bond acceptors (Lipinski definition) is 9. The van der Waals surface area contributed by atoms with E-state index < -0.39 is 48.0 Å². The van der Waals surface area contributed by atoms with Crippen LogP contribution in [0.25, 0.3) is 0 Å². The van der Waals surface area contributed by atoms with Gasteiger partial charge in [0, 0.05) is 24.7 Å². The summed E-state index contributed by atoms with van der Waals surface area (Å²) >= 11 is 0. The average Bonchev–Trinajstić information content (AvgIpc) is 2.89. The van der Waals surface area contributed by atoms with Crippen LogP contribution in [0.3, 0.4) is 0 Å². The summed E-state index contributed by atoms with van der Waals surface area (Å²) in [5.74, 6) is -3.47.